The van der Waals surface area contributed by atoms with Crippen molar-refractivity contribution >= 4 is 39.8 Å². The van der Waals surface area contributed by atoms with Crippen molar-refractivity contribution in [3.8, 4) is 0 Å². The maximum absolute atomic E-state index is 12.5. The van der Waals surface area contributed by atoms with E-state index in [0.717, 1.165) is 10.4 Å². The Morgan fingerprint density at radius 3 is 2.46 bits per heavy atom. The Bertz CT molecular complexity index is 811. The van der Waals surface area contributed by atoms with Crippen LogP contribution in [0.25, 0.3) is 0 Å². The Balaban J connectivity index is 2.29. The molecule has 0 aliphatic heterocycles. The molecule has 2 N–H and O–H groups in total. The summed E-state index contributed by atoms with van der Waals surface area (Å²) in [5.74, 6) is -1.07. The summed E-state index contributed by atoms with van der Waals surface area (Å²) < 4.78 is 4.79. The van der Waals surface area contributed by atoms with Crippen molar-refractivity contribution in [3.05, 3.63) is 45.8 Å². The molecule has 0 aliphatic rings. The van der Waals surface area contributed by atoms with E-state index >= 15 is 0 Å². The molecule has 2 amide bonds. The van der Waals surface area contributed by atoms with Gasteiger partial charge in [0.2, 0.25) is 5.91 Å². The van der Waals surface area contributed by atoms with E-state index in [4.69, 9.17) is 4.74 Å². The van der Waals surface area contributed by atoms with E-state index in [-0.39, 0.29) is 11.8 Å². The molecule has 126 valence electrons. The van der Waals surface area contributed by atoms with E-state index < -0.39 is 5.97 Å². The number of aryl methyl sites for hydroxylation is 1. The smallest absolute Gasteiger partial charge is 0.341 e. The number of carbonyl (C=O) groups is 3. The summed E-state index contributed by atoms with van der Waals surface area (Å²) in [6.07, 6.45) is 0. The van der Waals surface area contributed by atoms with Gasteiger partial charge in [0.1, 0.15) is 5.00 Å². The number of nitrogens with one attached hydrogen (secondary N) is 2. The highest BCUT2D eigenvalue weighted by molar-refractivity contribution is 7.16. The lowest BCUT2D eigenvalue weighted by atomic mass is 10.1. The molecule has 2 rings (SSSR count). The molecule has 0 bridgehead atoms. The molecule has 1 aromatic carbocycles. The van der Waals surface area contributed by atoms with Crippen LogP contribution in [-0.4, -0.2) is 24.9 Å². The van der Waals surface area contributed by atoms with Crippen molar-refractivity contribution in [3.63, 3.8) is 0 Å². The van der Waals surface area contributed by atoms with Crippen LogP contribution >= 0.6 is 11.3 Å². The van der Waals surface area contributed by atoms with Crippen LogP contribution in [0.1, 0.15) is 38.1 Å². The molecule has 0 unspecified atom stereocenters. The molecule has 1 aromatic heterocycles. The summed E-state index contributed by atoms with van der Waals surface area (Å²) >= 11 is 1.32. The molecule has 24 heavy (non-hydrogen) atoms. The van der Waals surface area contributed by atoms with Gasteiger partial charge in [-0.3, -0.25) is 9.59 Å². The second-order valence-electron chi connectivity index (χ2n) is 5.20. The molecule has 0 saturated heterocycles. The third kappa shape index (κ3) is 3.80. The van der Waals surface area contributed by atoms with Gasteiger partial charge in [-0.05, 0) is 37.6 Å². The van der Waals surface area contributed by atoms with Crippen molar-refractivity contribution in [2.45, 2.75) is 20.8 Å². The first kappa shape index (κ1) is 17.7. The summed E-state index contributed by atoms with van der Waals surface area (Å²) in [4.78, 5) is 36.5. The van der Waals surface area contributed by atoms with Gasteiger partial charge in [0.15, 0.2) is 0 Å². The van der Waals surface area contributed by atoms with E-state index in [9.17, 15) is 14.4 Å². The second-order valence-corrected chi connectivity index (χ2v) is 6.42. The number of hydrogen-bond acceptors (Lipinski definition) is 5. The summed E-state index contributed by atoms with van der Waals surface area (Å²) in [7, 11) is 1.30. The number of hydrogen-bond donors (Lipinski definition) is 2. The molecule has 0 radical (unpaired) electrons. The Morgan fingerprint density at radius 1 is 1.12 bits per heavy atom. The molecular formula is C17H18N2O4S. The minimum Gasteiger partial charge on any atom is -0.465 e. The monoisotopic (exact) mass is 346 g/mol. The molecule has 0 fully saturated rings. The van der Waals surface area contributed by atoms with Crippen LogP contribution in [0.4, 0.5) is 10.7 Å². The molecule has 0 saturated carbocycles. The SMILES string of the molecule is COC(=O)c1c(NC(=O)c2cccc(NC(C)=O)c2)sc(C)c1C. The van der Waals surface area contributed by atoms with E-state index in [1.54, 1.807) is 24.3 Å². The van der Waals surface area contributed by atoms with E-state index in [1.165, 1.54) is 25.4 Å². The number of esters is 1. The Kier molecular flexibility index (Phi) is 5.35. The number of thiophene rings is 1. The number of anilines is 2. The highest BCUT2D eigenvalue weighted by Gasteiger charge is 2.22. The standard InChI is InChI=1S/C17H18N2O4S/c1-9-10(2)24-16(14(9)17(22)23-4)19-15(21)12-6-5-7-13(8-12)18-11(3)20/h5-8H,1-4H3,(H,18,20)(H,19,21). The van der Waals surface area contributed by atoms with Gasteiger partial charge in [-0.1, -0.05) is 6.07 Å². The van der Waals surface area contributed by atoms with Crippen molar-refractivity contribution in [1.82, 2.24) is 0 Å². The molecule has 0 spiro atoms. The van der Waals surface area contributed by atoms with Crippen molar-refractivity contribution in [2.75, 3.05) is 17.7 Å². The van der Waals surface area contributed by atoms with Gasteiger partial charge in [0, 0.05) is 23.1 Å². The van der Waals surface area contributed by atoms with Crippen molar-refractivity contribution in [1.29, 1.82) is 0 Å². The first-order valence-electron chi connectivity index (χ1n) is 7.20. The summed E-state index contributed by atoms with van der Waals surface area (Å²) in [6.45, 7) is 5.08. The van der Waals surface area contributed by atoms with Gasteiger partial charge in [-0.25, -0.2) is 4.79 Å². The number of carbonyl (C=O) groups excluding carboxylic acids is 3. The fourth-order valence-corrected chi connectivity index (χ4v) is 3.22. The molecule has 6 nitrogen and oxygen atoms in total. The first-order valence-corrected chi connectivity index (χ1v) is 8.02. The number of benzene rings is 1. The van der Waals surface area contributed by atoms with Crippen molar-refractivity contribution in [2.24, 2.45) is 0 Å². The number of rotatable bonds is 4. The summed E-state index contributed by atoms with van der Waals surface area (Å²) in [5, 5.41) is 5.83. The van der Waals surface area contributed by atoms with E-state index in [0.29, 0.717) is 21.8 Å². The van der Waals surface area contributed by atoms with Crippen LogP contribution in [0.15, 0.2) is 24.3 Å². The molecule has 1 heterocycles. The lowest BCUT2D eigenvalue weighted by Crippen LogP contribution is -2.15. The van der Waals surface area contributed by atoms with Crippen LogP contribution in [0.3, 0.4) is 0 Å². The highest BCUT2D eigenvalue weighted by Crippen LogP contribution is 2.33. The van der Waals surface area contributed by atoms with Gasteiger partial charge in [-0.2, -0.15) is 0 Å². The maximum atomic E-state index is 12.5. The van der Waals surface area contributed by atoms with Crippen molar-refractivity contribution < 1.29 is 19.1 Å². The molecule has 7 heteroatoms. The molecule has 2 aromatic rings. The second kappa shape index (κ2) is 7.27. The molecule has 0 atom stereocenters. The van der Waals surface area contributed by atoms with Crippen LogP contribution in [0.5, 0.6) is 0 Å². The number of methoxy groups -OCH3 is 1. The summed E-state index contributed by atoms with van der Waals surface area (Å²) in [5.41, 5.74) is 2.06. The normalized spacial score (nSPS) is 10.2. The van der Waals surface area contributed by atoms with Gasteiger partial charge >= 0.3 is 5.97 Å². The largest absolute Gasteiger partial charge is 0.465 e. The van der Waals surface area contributed by atoms with E-state index in [1.807, 2.05) is 13.8 Å². The third-order valence-corrected chi connectivity index (χ3v) is 4.57. The average Bonchev–Trinajstić information content (AvgIpc) is 2.80. The summed E-state index contributed by atoms with van der Waals surface area (Å²) in [6, 6.07) is 6.57. The minimum absolute atomic E-state index is 0.218. The minimum atomic E-state index is -0.487. The van der Waals surface area contributed by atoms with Crippen LogP contribution in [0, 0.1) is 13.8 Å². The Hall–Kier alpha value is -2.67. The third-order valence-electron chi connectivity index (χ3n) is 3.45. The topological polar surface area (TPSA) is 84.5 Å². The Labute approximate surface area is 143 Å². The van der Waals surface area contributed by atoms with Crippen LogP contribution in [-0.2, 0) is 9.53 Å². The number of amides is 2. The van der Waals surface area contributed by atoms with Gasteiger partial charge in [0.05, 0.1) is 12.7 Å². The zero-order valence-corrected chi connectivity index (χ0v) is 14.7. The zero-order chi connectivity index (χ0) is 17.9. The van der Waals surface area contributed by atoms with Crippen LogP contribution in [0.2, 0.25) is 0 Å². The first-order chi connectivity index (χ1) is 11.3. The molecule has 0 aliphatic carbocycles. The average molecular weight is 346 g/mol. The number of ether oxygens (including phenoxy) is 1. The highest BCUT2D eigenvalue weighted by atomic mass is 32.1. The van der Waals surface area contributed by atoms with Gasteiger partial charge < -0.3 is 15.4 Å². The van der Waals surface area contributed by atoms with Crippen LogP contribution < -0.4 is 10.6 Å². The maximum Gasteiger partial charge on any atom is 0.341 e. The van der Waals surface area contributed by atoms with Gasteiger partial charge in [-0.15, -0.1) is 11.3 Å². The quantitative estimate of drug-likeness (QED) is 0.831. The lowest BCUT2D eigenvalue weighted by Gasteiger charge is -2.08. The predicted molar refractivity (Wildman–Crippen MR) is 93.8 cm³/mol. The van der Waals surface area contributed by atoms with Gasteiger partial charge in [0.25, 0.3) is 5.91 Å². The fourth-order valence-electron chi connectivity index (χ4n) is 2.18. The Morgan fingerprint density at radius 2 is 1.83 bits per heavy atom. The fraction of sp³-hybridized carbons (Fsp3) is 0.235. The molecular weight excluding hydrogens is 328 g/mol. The predicted octanol–water partition coefficient (Wildman–Crippen LogP) is 3.36. The lowest BCUT2D eigenvalue weighted by molar-refractivity contribution is -0.114. The zero-order valence-electron chi connectivity index (χ0n) is 13.9. The van der Waals surface area contributed by atoms with E-state index in [2.05, 4.69) is 10.6 Å².